The van der Waals surface area contributed by atoms with E-state index < -0.39 is 16.2 Å². The number of benzene rings is 2. The highest BCUT2D eigenvalue weighted by molar-refractivity contribution is 6.36. The van der Waals surface area contributed by atoms with Crippen molar-refractivity contribution in [2.24, 2.45) is 0 Å². The number of nitrogens with one attached hydrogen (secondary N) is 1. The Morgan fingerprint density at radius 2 is 1.71 bits per heavy atom. The summed E-state index contributed by atoms with van der Waals surface area (Å²) in [4.78, 5) is 22.8. The van der Waals surface area contributed by atoms with Crippen LogP contribution in [0.15, 0.2) is 42.5 Å². The van der Waals surface area contributed by atoms with Gasteiger partial charge in [-0.25, -0.2) is 0 Å². The smallest absolute Gasteiger partial charge is 0.282 e. The van der Waals surface area contributed by atoms with Crippen LogP contribution in [0.4, 0.5) is 5.69 Å². The molecule has 7 heteroatoms. The first-order chi connectivity index (χ1) is 11.2. The van der Waals surface area contributed by atoms with Crippen molar-refractivity contribution in [2.75, 3.05) is 6.54 Å². The molecule has 0 atom stereocenters. The molecule has 0 saturated carbocycles. The second-order valence-corrected chi connectivity index (χ2v) is 6.75. The van der Waals surface area contributed by atoms with Crippen LogP contribution in [-0.2, 0) is 5.41 Å². The molecular formula is C17H16Cl2N2O3. The molecule has 0 aliphatic carbocycles. The molecule has 2 aromatic rings. The molecule has 1 N–H and O–H groups in total. The number of amides is 1. The van der Waals surface area contributed by atoms with Crippen molar-refractivity contribution < 1.29 is 9.72 Å². The number of nitrogens with zero attached hydrogens (tertiary/aromatic N) is 1. The molecule has 0 aromatic heterocycles. The van der Waals surface area contributed by atoms with Crippen molar-refractivity contribution in [3.8, 4) is 0 Å². The van der Waals surface area contributed by atoms with E-state index in [4.69, 9.17) is 23.2 Å². The highest BCUT2D eigenvalue weighted by atomic mass is 35.5. The van der Waals surface area contributed by atoms with Gasteiger partial charge < -0.3 is 5.32 Å². The number of carbonyl (C=O) groups is 1. The van der Waals surface area contributed by atoms with E-state index >= 15 is 0 Å². The fourth-order valence-electron chi connectivity index (χ4n) is 2.45. The van der Waals surface area contributed by atoms with Crippen LogP contribution >= 0.6 is 23.2 Å². The molecule has 0 unspecified atom stereocenters. The molecule has 0 radical (unpaired) electrons. The number of nitro benzene ring substituents is 1. The van der Waals surface area contributed by atoms with Crippen molar-refractivity contribution in [3.63, 3.8) is 0 Å². The lowest BCUT2D eigenvalue weighted by atomic mass is 9.84. The SMILES string of the molecule is CC(C)(CNC(=O)c1ccccc1[N+](=O)[O-])c1c(Cl)cccc1Cl. The Balaban J connectivity index is 2.21. The van der Waals surface area contributed by atoms with Crippen molar-refractivity contribution in [3.05, 3.63) is 73.8 Å². The van der Waals surface area contributed by atoms with E-state index in [-0.39, 0.29) is 17.8 Å². The molecule has 0 aliphatic heterocycles. The summed E-state index contributed by atoms with van der Waals surface area (Å²) in [6, 6.07) is 11.0. The minimum absolute atomic E-state index is 0.0172. The summed E-state index contributed by atoms with van der Waals surface area (Å²) < 4.78 is 0. The molecule has 1 amide bonds. The van der Waals surface area contributed by atoms with Gasteiger partial charge in [0, 0.05) is 28.1 Å². The molecule has 0 saturated heterocycles. The lowest BCUT2D eigenvalue weighted by Crippen LogP contribution is -2.37. The van der Waals surface area contributed by atoms with Gasteiger partial charge in [0.15, 0.2) is 0 Å². The Morgan fingerprint density at radius 1 is 1.12 bits per heavy atom. The maximum atomic E-state index is 12.3. The fraction of sp³-hybridized carbons (Fsp3) is 0.235. The third-order valence-corrected chi connectivity index (χ3v) is 4.31. The van der Waals surface area contributed by atoms with Gasteiger partial charge in [0.1, 0.15) is 5.56 Å². The first-order valence-corrected chi connectivity index (χ1v) is 7.96. The van der Waals surface area contributed by atoms with Crippen LogP contribution in [0.5, 0.6) is 0 Å². The third kappa shape index (κ3) is 3.86. The molecule has 24 heavy (non-hydrogen) atoms. The third-order valence-electron chi connectivity index (χ3n) is 3.68. The predicted molar refractivity (Wildman–Crippen MR) is 94.9 cm³/mol. The number of para-hydroxylation sites is 1. The molecule has 0 heterocycles. The van der Waals surface area contributed by atoms with Gasteiger partial charge in [0.2, 0.25) is 0 Å². The molecule has 0 bridgehead atoms. The Morgan fingerprint density at radius 3 is 2.29 bits per heavy atom. The van der Waals surface area contributed by atoms with Crippen LogP contribution in [-0.4, -0.2) is 17.4 Å². The average molecular weight is 367 g/mol. The number of hydrogen-bond acceptors (Lipinski definition) is 3. The number of halogens is 2. The maximum absolute atomic E-state index is 12.3. The second kappa shape index (κ2) is 7.20. The molecule has 2 aromatic carbocycles. The number of rotatable bonds is 5. The van der Waals surface area contributed by atoms with Crippen molar-refractivity contribution in [1.29, 1.82) is 0 Å². The lowest BCUT2D eigenvalue weighted by Gasteiger charge is -2.27. The van der Waals surface area contributed by atoms with Gasteiger partial charge >= 0.3 is 0 Å². The molecule has 5 nitrogen and oxygen atoms in total. The Bertz CT molecular complexity index is 771. The van der Waals surface area contributed by atoms with Gasteiger partial charge in [-0.1, -0.05) is 55.2 Å². The van der Waals surface area contributed by atoms with E-state index in [1.54, 1.807) is 24.3 Å². The summed E-state index contributed by atoms with van der Waals surface area (Å²) >= 11 is 12.5. The van der Waals surface area contributed by atoms with E-state index in [0.29, 0.717) is 10.0 Å². The maximum Gasteiger partial charge on any atom is 0.282 e. The summed E-state index contributed by atoms with van der Waals surface area (Å²) in [6.45, 7) is 4.00. The Hall–Kier alpha value is -2.11. The van der Waals surface area contributed by atoms with E-state index in [0.717, 1.165) is 5.56 Å². The van der Waals surface area contributed by atoms with Crippen LogP contribution in [0.25, 0.3) is 0 Å². The topological polar surface area (TPSA) is 72.2 Å². The van der Waals surface area contributed by atoms with Crippen LogP contribution < -0.4 is 5.32 Å². The van der Waals surface area contributed by atoms with E-state index in [9.17, 15) is 14.9 Å². The number of carbonyl (C=O) groups excluding carboxylic acids is 1. The van der Waals surface area contributed by atoms with Crippen molar-refractivity contribution in [1.82, 2.24) is 5.32 Å². The lowest BCUT2D eigenvalue weighted by molar-refractivity contribution is -0.385. The highest BCUT2D eigenvalue weighted by Crippen LogP contribution is 2.35. The van der Waals surface area contributed by atoms with Gasteiger partial charge in [0.25, 0.3) is 11.6 Å². The Labute approximate surface area is 149 Å². The minimum Gasteiger partial charge on any atom is -0.351 e. The molecule has 0 aliphatic rings. The molecule has 0 fully saturated rings. The highest BCUT2D eigenvalue weighted by Gasteiger charge is 2.28. The van der Waals surface area contributed by atoms with E-state index in [2.05, 4.69) is 5.32 Å². The molecular weight excluding hydrogens is 351 g/mol. The van der Waals surface area contributed by atoms with Crippen molar-refractivity contribution in [2.45, 2.75) is 19.3 Å². The van der Waals surface area contributed by atoms with Gasteiger partial charge in [-0.05, 0) is 23.8 Å². The average Bonchev–Trinajstić information content (AvgIpc) is 2.52. The van der Waals surface area contributed by atoms with Crippen LogP contribution in [0, 0.1) is 10.1 Å². The zero-order chi connectivity index (χ0) is 17.9. The van der Waals surface area contributed by atoms with Gasteiger partial charge in [0.05, 0.1) is 4.92 Å². The van der Waals surface area contributed by atoms with Gasteiger partial charge in [-0.2, -0.15) is 0 Å². The molecule has 126 valence electrons. The standard InChI is InChI=1S/C17H16Cl2N2O3/c1-17(2,15-12(18)7-5-8-13(15)19)10-20-16(22)11-6-3-4-9-14(11)21(23)24/h3-9H,10H2,1-2H3,(H,20,22). The summed E-state index contributed by atoms with van der Waals surface area (Å²) in [7, 11) is 0. The number of nitro groups is 1. The zero-order valence-electron chi connectivity index (χ0n) is 13.2. The summed E-state index contributed by atoms with van der Waals surface area (Å²) in [6.07, 6.45) is 0. The van der Waals surface area contributed by atoms with E-state index in [1.165, 1.54) is 18.2 Å². The van der Waals surface area contributed by atoms with Gasteiger partial charge in [-0.3, -0.25) is 14.9 Å². The van der Waals surface area contributed by atoms with E-state index in [1.807, 2.05) is 13.8 Å². The first kappa shape index (κ1) is 18.2. The second-order valence-electron chi connectivity index (χ2n) is 5.94. The number of hydrogen-bond donors (Lipinski definition) is 1. The minimum atomic E-state index is -0.578. The summed E-state index contributed by atoms with van der Waals surface area (Å²) in [5.74, 6) is -0.515. The largest absolute Gasteiger partial charge is 0.351 e. The van der Waals surface area contributed by atoms with Crippen LogP contribution in [0.1, 0.15) is 29.8 Å². The first-order valence-electron chi connectivity index (χ1n) is 7.20. The normalized spacial score (nSPS) is 11.2. The summed E-state index contributed by atoms with van der Waals surface area (Å²) in [5.41, 5.74) is -0.0439. The molecule has 2 rings (SSSR count). The zero-order valence-corrected chi connectivity index (χ0v) is 14.7. The Kier molecular flexibility index (Phi) is 5.47. The quantitative estimate of drug-likeness (QED) is 0.620. The monoisotopic (exact) mass is 366 g/mol. The van der Waals surface area contributed by atoms with Crippen molar-refractivity contribution >= 4 is 34.8 Å². The van der Waals surface area contributed by atoms with Gasteiger partial charge in [-0.15, -0.1) is 0 Å². The predicted octanol–water partition coefficient (Wildman–Crippen LogP) is 4.61. The molecule has 0 spiro atoms. The van der Waals surface area contributed by atoms with Crippen LogP contribution in [0.2, 0.25) is 10.0 Å². The fourth-order valence-corrected chi connectivity index (χ4v) is 3.36. The summed E-state index contributed by atoms with van der Waals surface area (Å²) in [5, 5.41) is 14.8. The van der Waals surface area contributed by atoms with Crippen LogP contribution in [0.3, 0.4) is 0 Å².